The van der Waals surface area contributed by atoms with Gasteiger partial charge in [0.15, 0.2) is 16.9 Å². The summed E-state index contributed by atoms with van der Waals surface area (Å²) in [6.45, 7) is -0.147. The van der Waals surface area contributed by atoms with Crippen LogP contribution in [0, 0.1) is 0 Å². The second-order valence-corrected chi connectivity index (χ2v) is 7.59. The minimum atomic E-state index is -0.768. The van der Waals surface area contributed by atoms with Gasteiger partial charge in [-0.3, -0.25) is 25.2 Å². The molecule has 0 spiro atoms. The van der Waals surface area contributed by atoms with Gasteiger partial charge < -0.3 is 9.67 Å². The predicted octanol–water partition coefficient (Wildman–Crippen LogP) is 2.51. The van der Waals surface area contributed by atoms with Crippen LogP contribution in [-0.4, -0.2) is 31.3 Å². The Morgan fingerprint density at radius 2 is 1.41 bits per heavy atom. The van der Waals surface area contributed by atoms with Gasteiger partial charge in [-0.25, -0.2) is 4.68 Å². The summed E-state index contributed by atoms with van der Waals surface area (Å²) in [6.07, 6.45) is 1.31. The number of hydrazine groups is 1. The van der Waals surface area contributed by atoms with Crippen LogP contribution in [0.4, 0.5) is 0 Å². The molecule has 5 aromatic rings. The monoisotopic (exact) mass is 453 g/mol. The molecule has 0 radical (unpaired) electrons. The van der Waals surface area contributed by atoms with Crippen molar-refractivity contribution < 1.29 is 14.7 Å². The molecule has 2 amide bonds. The van der Waals surface area contributed by atoms with Crippen molar-refractivity contribution >= 4 is 33.6 Å². The van der Waals surface area contributed by atoms with Crippen LogP contribution in [0.5, 0.6) is 5.75 Å². The maximum atomic E-state index is 12.8. The van der Waals surface area contributed by atoms with E-state index in [1.54, 1.807) is 77.4 Å². The molecule has 3 aromatic carbocycles. The molecule has 5 rings (SSSR count). The molecule has 3 N–H and O–H groups in total. The van der Waals surface area contributed by atoms with Crippen LogP contribution in [0.15, 0.2) is 89.9 Å². The Balaban J connectivity index is 1.37. The molecular formula is C25H19N5O4. The van der Waals surface area contributed by atoms with Crippen molar-refractivity contribution in [2.24, 2.45) is 0 Å². The third-order valence-electron chi connectivity index (χ3n) is 5.43. The first kappa shape index (κ1) is 21.0. The summed E-state index contributed by atoms with van der Waals surface area (Å²) >= 11 is 0. The van der Waals surface area contributed by atoms with Crippen LogP contribution in [0.25, 0.3) is 27.5 Å². The number of aromatic nitrogens is 3. The fourth-order valence-electron chi connectivity index (χ4n) is 3.86. The molecule has 168 valence electrons. The molecule has 0 aliphatic rings. The van der Waals surface area contributed by atoms with E-state index >= 15 is 0 Å². The lowest BCUT2D eigenvalue weighted by molar-refractivity contribution is -0.122. The van der Waals surface area contributed by atoms with Gasteiger partial charge in [0.1, 0.15) is 6.54 Å². The molecule has 34 heavy (non-hydrogen) atoms. The maximum absolute atomic E-state index is 12.8. The van der Waals surface area contributed by atoms with Crippen LogP contribution in [0.1, 0.15) is 10.5 Å². The van der Waals surface area contributed by atoms with Crippen molar-refractivity contribution in [2.45, 2.75) is 6.54 Å². The number of aromatic hydroxyl groups is 1. The smallest absolute Gasteiger partial charge is 0.294 e. The summed E-state index contributed by atoms with van der Waals surface area (Å²) in [5, 5.41) is 15.2. The van der Waals surface area contributed by atoms with Gasteiger partial charge in [0.25, 0.3) is 11.8 Å². The van der Waals surface area contributed by atoms with Crippen molar-refractivity contribution in [3.05, 3.63) is 101 Å². The average molecular weight is 453 g/mol. The van der Waals surface area contributed by atoms with Gasteiger partial charge in [0, 0.05) is 10.8 Å². The lowest BCUT2D eigenvalue weighted by Gasteiger charge is -2.15. The molecule has 0 fully saturated rings. The van der Waals surface area contributed by atoms with Gasteiger partial charge in [0.05, 0.1) is 22.9 Å². The second-order valence-electron chi connectivity index (χ2n) is 7.59. The lowest BCUT2D eigenvalue weighted by Crippen LogP contribution is -2.43. The molecule has 0 saturated carbocycles. The van der Waals surface area contributed by atoms with Crippen LogP contribution >= 0.6 is 0 Å². The zero-order valence-corrected chi connectivity index (χ0v) is 17.8. The molecule has 0 aliphatic heterocycles. The molecule has 2 aromatic heterocycles. The number of hydrogen-bond acceptors (Lipinski definition) is 5. The number of nitrogens with zero attached hydrogens (tertiary/aromatic N) is 3. The highest BCUT2D eigenvalue weighted by molar-refractivity contribution is 5.97. The Bertz CT molecular complexity index is 1540. The molecule has 0 atom stereocenters. The average Bonchev–Trinajstić information content (AvgIpc) is 3.27. The fraction of sp³-hybridized carbons (Fsp3) is 0.0400. The van der Waals surface area contributed by atoms with E-state index in [-0.39, 0.29) is 23.4 Å². The molecule has 9 nitrogen and oxygen atoms in total. The molecule has 0 unspecified atom stereocenters. The number of benzene rings is 3. The van der Waals surface area contributed by atoms with E-state index in [0.717, 1.165) is 0 Å². The Kier molecular flexibility index (Phi) is 5.27. The summed E-state index contributed by atoms with van der Waals surface area (Å²) in [6, 6.07) is 23.1. The minimum Gasteiger partial charge on any atom is -0.504 e. The number of carbonyl (C=O) groups excluding carboxylic acids is 2. The van der Waals surface area contributed by atoms with Crippen molar-refractivity contribution in [1.29, 1.82) is 0 Å². The predicted molar refractivity (Wildman–Crippen MR) is 127 cm³/mol. The van der Waals surface area contributed by atoms with Crippen molar-refractivity contribution in [3.63, 3.8) is 0 Å². The van der Waals surface area contributed by atoms with E-state index in [1.165, 1.54) is 10.9 Å². The first-order valence-corrected chi connectivity index (χ1v) is 10.5. The number of carbonyl (C=O) groups is 2. The van der Waals surface area contributed by atoms with E-state index in [9.17, 15) is 19.5 Å². The molecule has 0 bridgehead atoms. The third kappa shape index (κ3) is 3.75. The lowest BCUT2D eigenvalue weighted by atomic mass is 10.1. The number of nitrogens with one attached hydrogen (secondary N) is 2. The van der Waals surface area contributed by atoms with Crippen LogP contribution < -0.4 is 16.3 Å². The minimum absolute atomic E-state index is 0.111. The van der Waals surface area contributed by atoms with Gasteiger partial charge >= 0.3 is 0 Å². The largest absolute Gasteiger partial charge is 0.504 e. The van der Waals surface area contributed by atoms with E-state index in [2.05, 4.69) is 16.0 Å². The van der Waals surface area contributed by atoms with Crippen LogP contribution in [0.3, 0.4) is 0 Å². The topological polar surface area (TPSA) is 118 Å². The highest BCUT2D eigenvalue weighted by atomic mass is 16.3. The Hall–Kier alpha value is -4.92. The molecule has 9 heteroatoms. The van der Waals surface area contributed by atoms with Gasteiger partial charge in [-0.05, 0) is 36.4 Å². The highest BCUT2D eigenvalue weighted by Crippen LogP contribution is 2.19. The highest BCUT2D eigenvalue weighted by Gasteiger charge is 2.18. The third-order valence-corrected chi connectivity index (χ3v) is 5.43. The number of fused-ring (bicyclic) bond motifs is 2. The zero-order valence-electron chi connectivity index (χ0n) is 17.8. The maximum Gasteiger partial charge on any atom is 0.294 e. The summed E-state index contributed by atoms with van der Waals surface area (Å²) < 4.78 is 3.08. The van der Waals surface area contributed by atoms with E-state index < -0.39 is 11.8 Å². The SMILES string of the molecule is O=C(Cn1c2ccccc2c(=O)c2ccccc21)NNC(=O)c1nn(-c2ccccc2)cc1O. The Labute approximate surface area is 192 Å². The van der Waals surface area contributed by atoms with Gasteiger partial charge in [0.2, 0.25) is 0 Å². The number of hydrogen-bond donors (Lipinski definition) is 3. The van der Waals surface area contributed by atoms with Crippen LogP contribution in [-0.2, 0) is 11.3 Å². The molecular weight excluding hydrogens is 434 g/mol. The van der Waals surface area contributed by atoms with Crippen molar-refractivity contribution in [3.8, 4) is 11.4 Å². The number of amides is 2. The van der Waals surface area contributed by atoms with E-state index in [0.29, 0.717) is 27.5 Å². The molecule has 0 saturated heterocycles. The second kappa shape index (κ2) is 8.55. The summed E-state index contributed by atoms with van der Waals surface area (Å²) in [5.41, 5.74) is 6.16. The van der Waals surface area contributed by atoms with Crippen LogP contribution in [0.2, 0.25) is 0 Å². The Morgan fingerprint density at radius 3 is 2.06 bits per heavy atom. The first-order chi connectivity index (χ1) is 16.5. The standard InChI is InChI=1S/C25H19N5O4/c31-21-14-30(16-8-2-1-3-9-16)28-23(21)25(34)27-26-22(32)15-29-19-12-6-4-10-17(19)24(33)18-11-5-7-13-20(18)29/h1-14,31H,15H2,(H,26,32)(H,27,34). The van der Waals surface area contributed by atoms with Crippen molar-refractivity contribution in [2.75, 3.05) is 0 Å². The normalized spacial score (nSPS) is 10.9. The summed E-state index contributed by atoms with van der Waals surface area (Å²) in [7, 11) is 0. The quantitative estimate of drug-likeness (QED) is 0.285. The molecule has 0 aliphatic carbocycles. The molecule has 2 heterocycles. The Morgan fingerprint density at radius 1 is 0.824 bits per heavy atom. The van der Waals surface area contributed by atoms with Gasteiger partial charge in [-0.1, -0.05) is 42.5 Å². The van der Waals surface area contributed by atoms with Gasteiger partial charge in [-0.15, -0.1) is 0 Å². The van der Waals surface area contributed by atoms with Crippen molar-refractivity contribution in [1.82, 2.24) is 25.2 Å². The van der Waals surface area contributed by atoms with Gasteiger partial charge in [-0.2, -0.15) is 5.10 Å². The summed E-state index contributed by atoms with van der Waals surface area (Å²) in [5.74, 6) is -1.61. The van der Waals surface area contributed by atoms with E-state index in [1.807, 2.05) is 6.07 Å². The number of pyridine rings is 1. The van der Waals surface area contributed by atoms with E-state index in [4.69, 9.17) is 0 Å². The first-order valence-electron chi connectivity index (χ1n) is 10.5. The fourth-order valence-corrected chi connectivity index (χ4v) is 3.86. The number of rotatable bonds is 4. The number of para-hydroxylation sites is 3. The zero-order chi connectivity index (χ0) is 23.7. The summed E-state index contributed by atoms with van der Waals surface area (Å²) in [4.78, 5) is 38.1.